The summed E-state index contributed by atoms with van der Waals surface area (Å²) in [5.74, 6) is -0.285. The minimum absolute atomic E-state index is 0.306. The predicted molar refractivity (Wildman–Crippen MR) is 131 cm³/mol. The molecule has 0 bridgehead atoms. The number of para-hydroxylation sites is 1. The number of anilines is 2. The Labute approximate surface area is 189 Å². The molecular formula is C28H28N2O2. The summed E-state index contributed by atoms with van der Waals surface area (Å²) in [6, 6.07) is 21.3. The molecule has 1 heterocycles. The number of nitrogens with one attached hydrogen (secondary N) is 1. The van der Waals surface area contributed by atoms with E-state index in [4.69, 9.17) is 0 Å². The van der Waals surface area contributed by atoms with Crippen molar-refractivity contribution in [1.82, 2.24) is 0 Å². The topological polar surface area (TPSA) is 49.4 Å². The standard InChI is InChI=1S/C28H28N2O2/c1-17(2)21-12-14-23(15-13-21)30-27(31)25(22-11-10-18(3)20(5)16-22)26(28(30)32)29-24-9-7-6-8-19(24)4/h6-17,29H,1-5H3. The van der Waals surface area contributed by atoms with Crippen molar-refractivity contribution >= 4 is 28.8 Å². The summed E-state index contributed by atoms with van der Waals surface area (Å²) >= 11 is 0. The quantitative estimate of drug-likeness (QED) is 0.501. The van der Waals surface area contributed by atoms with E-state index in [1.54, 1.807) is 0 Å². The van der Waals surface area contributed by atoms with Gasteiger partial charge in [-0.25, -0.2) is 4.90 Å². The van der Waals surface area contributed by atoms with Gasteiger partial charge in [-0.1, -0.05) is 62.4 Å². The molecule has 162 valence electrons. The highest BCUT2D eigenvalue weighted by molar-refractivity contribution is 6.46. The Bertz CT molecular complexity index is 1240. The average molecular weight is 425 g/mol. The van der Waals surface area contributed by atoms with Crippen LogP contribution in [0.15, 0.2) is 72.4 Å². The average Bonchev–Trinajstić information content (AvgIpc) is 3.01. The fraction of sp³-hybridized carbons (Fsp3) is 0.214. The van der Waals surface area contributed by atoms with Crippen LogP contribution in [0, 0.1) is 20.8 Å². The van der Waals surface area contributed by atoms with E-state index in [0.717, 1.165) is 33.5 Å². The van der Waals surface area contributed by atoms with Gasteiger partial charge in [0.05, 0.1) is 11.3 Å². The lowest BCUT2D eigenvalue weighted by Crippen LogP contribution is -2.32. The summed E-state index contributed by atoms with van der Waals surface area (Å²) in [6.45, 7) is 10.2. The fourth-order valence-corrected chi connectivity index (χ4v) is 3.90. The maximum atomic E-state index is 13.6. The van der Waals surface area contributed by atoms with Gasteiger partial charge in [0, 0.05) is 5.69 Å². The second kappa shape index (κ2) is 8.46. The molecule has 0 atom stereocenters. The third-order valence-electron chi connectivity index (χ3n) is 6.10. The van der Waals surface area contributed by atoms with E-state index in [1.807, 2.05) is 87.5 Å². The summed E-state index contributed by atoms with van der Waals surface area (Å²) in [4.78, 5) is 28.5. The Morgan fingerprint density at radius 1 is 0.750 bits per heavy atom. The van der Waals surface area contributed by atoms with Crippen LogP contribution in [0.4, 0.5) is 11.4 Å². The summed E-state index contributed by atoms with van der Waals surface area (Å²) < 4.78 is 0. The lowest BCUT2D eigenvalue weighted by molar-refractivity contribution is -0.120. The Balaban J connectivity index is 1.82. The zero-order valence-electron chi connectivity index (χ0n) is 19.2. The highest BCUT2D eigenvalue weighted by atomic mass is 16.2. The van der Waals surface area contributed by atoms with Gasteiger partial charge in [0.2, 0.25) is 0 Å². The first-order valence-corrected chi connectivity index (χ1v) is 10.9. The van der Waals surface area contributed by atoms with E-state index < -0.39 is 0 Å². The molecular weight excluding hydrogens is 396 g/mol. The zero-order chi connectivity index (χ0) is 23.0. The van der Waals surface area contributed by atoms with Gasteiger partial charge in [-0.15, -0.1) is 0 Å². The highest BCUT2D eigenvalue weighted by Crippen LogP contribution is 2.35. The molecule has 4 heteroatoms. The molecule has 0 radical (unpaired) electrons. The minimum Gasteiger partial charge on any atom is -0.350 e. The molecule has 4 nitrogen and oxygen atoms in total. The smallest absolute Gasteiger partial charge is 0.282 e. The van der Waals surface area contributed by atoms with Crippen LogP contribution in [0.5, 0.6) is 0 Å². The third-order valence-corrected chi connectivity index (χ3v) is 6.10. The van der Waals surface area contributed by atoms with Crippen LogP contribution in [0.25, 0.3) is 5.57 Å². The monoisotopic (exact) mass is 424 g/mol. The van der Waals surface area contributed by atoms with Gasteiger partial charge < -0.3 is 5.32 Å². The molecule has 2 amide bonds. The maximum Gasteiger partial charge on any atom is 0.282 e. The normalized spacial score (nSPS) is 14.0. The number of amides is 2. The van der Waals surface area contributed by atoms with Crippen molar-refractivity contribution in [1.29, 1.82) is 0 Å². The fourth-order valence-electron chi connectivity index (χ4n) is 3.90. The molecule has 3 aromatic rings. The van der Waals surface area contributed by atoms with Crippen molar-refractivity contribution in [2.45, 2.75) is 40.5 Å². The largest absolute Gasteiger partial charge is 0.350 e. The summed E-state index contributed by atoms with van der Waals surface area (Å²) in [7, 11) is 0. The molecule has 3 aromatic carbocycles. The van der Waals surface area contributed by atoms with Crippen molar-refractivity contribution in [2.75, 3.05) is 10.2 Å². The second-order valence-electron chi connectivity index (χ2n) is 8.68. The van der Waals surface area contributed by atoms with Crippen LogP contribution in [0.1, 0.15) is 47.6 Å². The molecule has 0 saturated carbocycles. The Morgan fingerprint density at radius 3 is 2.06 bits per heavy atom. The van der Waals surface area contributed by atoms with Crippen LogP contribution >= 0.6 is 0 Å². The molecule has 1 aliphatic heterocycles. The van der Waals surface area contributed by atoms with Crippen LogP contribution < -0.4 is 10.2 Å². The molecule has 1 N–H and O–H groups in total. The molecule has 0 unspecified atom stereocenters. The molecule has 0 spiro atoms. The Hall–Kier alpha value is -3.66. The highest BCUT2D eigenvalue weighted by Gasteiger charge is 2.40. The number of hydrogen-bond donors (Lipinski definition) is 1. The molecule has 0 aliphatic carbocycles. The van der Waals surface area contributed by atoms with E-state index in [9.17, 15) is 9.59 Å². The van der Waals surface area contributed by atoms with Crippen LogP contribution in [-0.2, 0) is 9.59 Å². The van der Waals surface area contributed by atoms with Gasteiger partial charge in [0.15, 0.2) is 0 Å². The predicted octanol–water partition coefficient (Wildman–Crippen LogP) is 6.13. The van der Waals surface area contributed by atoms with Gasteiger partial charge in [-0.3, -0.25) is 9.59 Å². The number of rotatable bonds is 5. The van der Waals surface area contributed by atoms with E-state index in [2.05, 4.69) is 19.2 Å². The van der Waals surface area contributed by atoms with Crippen molar-refractivity contribution in [3.63, 3.8) is 0 Å². The molecule has 1 aliphatic rings. The number of nitrogens with zero attached hydrogens (tertiary/aromatic N) is 1. The van der Waals surface area contributed by atoms with Crippen molar-refractivity contribution in [3.05, 3.63) is 100 Å². The lowest BCUT2D eigenvalue weighted by atomic mass is 9.99. The number of benzene rings is 3. The Kier molecular flexibility index (Phi) is 5.70. The summed E-state index contributed by atoms with van der Waals surface area (Å²) in [6.07, 6.45) is 0. The van der Waals surface area contributed by atoms with Gasteiger partial charge in [0.1, 0.15) is 5.70 Å². The maximum absolute atomic E-state index is 13.6. The molecule has 4 rings (SSSR count). The molecule has 0 fully saturated rings. The minimum atomic E-state index is -0.344. The van der Waals surface area contributed by atoms with E-state index in [1.165, 1.54) is 4.90 Å². The van der Waals surface area contributed by atoms with Crippen molar-refractivity contribution < 1.29 is 9.59 Å². The van der Waals surface area contributed by atoms with Crippen LogP contribution in [0.2, 0.25) is 0 Å². The van der Waals surface area contributed by atoms with Gasteiger partial charge >= 0.3 is 0 Å². The van der Waals surface area contributed by atoms with E-state index in [0.29, 0.717) is 22.9 Å². The van der Waals surface area contributed by atoms with Crippen LogP contribution in [-0.4, -0.2) is 11.8 Å². The first-order chi connectivity index (χ1) is 15.3. The first kappa shape index (κ1) is 21.6. The number of carbonyl (C=O) groups is 2. The van der Waals surface area contributed by atoms with Crippen LogP contribution in [0.3, 0.4) is 0 Å². The SMILES string of the molecule is Cc1ccc(C2=C(Nc3ccccc3C)C(=O)N(c3ccc(C(C)C)cc3)C2=O)cc1C. The number of carbonyl (C=O) groups excluding carboxylic acids is 2. The molecule has 0 aromatic heterocycles. The second-order valence-corrected chi connectivity index (χ2v) is 8.68. The van der Waals surface area contributed by atoms with Gasteiger partial charge in [-0.05, 0) is 72.7 Å². The van der Waals surface area contributed by atoms with Crippen molar-refractivity contribution in [3.8, 4) is 0 Å². The Morgan fingerprint density at radius 2 is 1.44 bits per heavy atom. The number of imide groups is 1. The van der Waals surface area contributed by atoms with Gasteiger partial charge in [-0.2, -0.15) is 0 Å². The summed E-state index contributed by atoms with van der Waals surface area (Å²) in [5.41, 5.74) is 7.20. The van der Waals surface area contributed by atoms with Crippen molar-refractivity contribution in [2.24, 2.45) is 0 Å². The molecule has 0 saturated heterocycles. The van der Waals surface area contributed by atoms with E-state index >= 15 is 0 Å². The molecule has 32 heavy (non-hydrogen) atoms. The zero-order valence-corrected chi connectivity index (χ0v) is 19.2. The van der Waals surface area contributed by atoms with Gasteiger partial charge in [0.25, 0.3) is 11.8 Å². The first-order valence-electron chi connectivity index (χ1n) is 10.9. The number of aryl methyl sites for hydroxylation is 3. The number of hydrogen-bond acceptors (Lipinski definition) is 3. The lowest BCUT2D eigenvalue weighted by Gasteiger charge is -2.17. The summed E-state index contributed by atoms with van der Waals surface area (Å²) in [5, 5.41) is 3.27. The van der Waals surface area contributed by atoms with E-state index in [-0.39, 0.29) is 11.8 Å². The third kappa shape index (κ3) is 3.84.